The molecule has 0 aromatic carbocycles. The van der Waals surface area contributed by atoms with Gasteiger partial charge in [-0.15, -0.1) is 10.9 Å². The van der Waals surface area contributed by atoms with Gasteiger partial charge < -0.3 is 0 Å². The van der Waals surface area contributed by atoms with Crippen molar-refractivity contribution in [2.45, 2.75) is 19.1 Å². The van der Waals surface area contributed by atoms with Gasteiger partial charge in [0.1, 0.15) is 0 Å². The first-order chi connectivity index (χ1) is 4.54. The van der Waals surface area contributed by atoms with E-state index in [1.165, 1.54) is 0 Å². The zero-order valence-electron chi connectivity index (χ0n) is 5.55. The molecule has 3 heterocycles. The van der Waals surface area contributed by atoms with Gasteiger partial charge in [0.25, 0.3) is 0 Å². The highest BCUT2D eigenvalue weighted by molar-refractivity contribution is 8.34. The van der Waals surface area contributed by atoms with Crippen molar-refractivity contribution >= 4 is 36.2 Å². The van der Waals surface area contributed by atoms with Gasteiger partial charge in [-0.25, -0.2) is 12.9 Å². The second-order valence-electron chi connectivity index (χ2n) is 2.37. The van der Waals surface area contributed by atoms with Crippen LogP contribution < -0.4 is 0 Å². The second-order valence-corrected chi connectivity index (χ2v) is 10.9. The Balaban J connectivity index is 2.17. The predicted octanol–water partition coefficient (Wildman–Crippen LogP) is 2.19. The Morgan fingerprint density at radius 3 is 2.10 bits per heavy atom. The Hall–Kier alpha value is 1.31. The minimum atomic E-state index is -2.07. The van der Waals surface area contributed by atoms with Gasteiger partial charge in [0, 0.05) is 0 Å². The van der Waals surface area contributed by atoms with Gasteiger partial charge in [0.2, 0.25) is 0 Å². The molecule has 3 aliphatic rings. The van der Waals surface area contributed by atoms with E-state index in [1.54, 1.807) is 0 Å². The van der Waals surface area contributed by atoms with E-state index in [0.717, 1.165) is 10.9 Å². The van der Waals surface area contributed by atoms with Crippen LogP contribution in [-0.4, -0.2) is 5.25 Å². The van der Waals surface area contributed by atoms with Crippen molar-refractivity contribution in [1.82, 2.24) is 0 Å². The number of hydrogen-bond donors (Lipinski definition) is 1. The lowest BCUT2D eigenvalue weighted by molar-refractivity contribution is 0.186. The Bertz CT molecular complexity index is 240. The van der Waals surface area contributed by atoms with Gasteiger partial charge in [-0.2, -0.15) is 0 Å². The molecule has 0 saturated carbocycles. The van der Waals surface area contributed by atoms with Crippen LogP contribution in [-0.2, 0) is 35.7 Å². The van der Waals surface area contributed by atoms with E-state index in [9.17, 15) is 0 Å². The van der Waals surface area contributed by atoms with E-state index in [2.05, 4.69) is 13.8 Å². The summed E-state index contributed by atoms with van der Waals surface area (Å²) in [4.78, 5) is 0. The van der Waals surface area contributed by atoms with Crippen LogP contribution >= 0.6 is 13.4 Å². The van der Waals surface area contributed by atoms with Gasteiger partial charge in [0.15, 0.2) is 0 Å². The summed E-state index contributed by atoms with van der Waals surface area (Å²) in [6.07, 6.45) is 0. The quantitative estimate of drug-likeness (QED) is 0.539. The van der Waals surface area contributed by atoms with Gasteiger partial charge in [-0.3, -0.25) is 0 Å². The van der Waals surface area contributed by atoms with Crippen LogP contribution in [0, 0.1) is 0 Å². The first-order valence-corrected chi connectivity index (χ1v) is 8.66. The zero-order chi connectivity index (χ0) is 7.41. The van der Waals surface area contributed by atoms with Crippen LogP contribution in [0.15, 0.2) is 0 Å². The van der Waals surface area contributed by atoms with Crippen LogP contribution in [0.2, 0.25) is 0 Å². The summed E-state index contributed by atoms with van der Waals surface area (Å²) in [6.45, 7) is 0.336. The highest BCUT2D eigenvalue weighted by Crippen LogP contribution is 3.00. The fourth-order valence-corrected chi connectivity index (χ4v) is 14.1. The van der Waals surface area contributed by atoms with Crippen molar-refractivity contribution in [3.63, 3.8) is 0 Å². The third-order valence-corrected chi connectivity index (χ3v) is 12.6. The van der Waals surface area contributed by atoms with Crippen LogP contribution in [0.3, 0.4) is 0 Å². The summed E-state index contributed by atoms with van der Waals surface area (Å²) in [7, 11) is 1.13. The third-order valence-electron chi connectivity index (χ3n) is 0.982. The topological polar surface area (TPSA) is 27.7 Å². The fourth-order valence-electron chi connectivity index (χ4n) is 0.744. The molecule has 3 rings (SSSR count). The normalized spacial score (nSPS) is 50.3. The Kier molecular flexibility index (Phi) is 1.72. The summed E-state index contributed by atoms with van der Waals surface area (Å²) >= 11 is 4.83. The molecule has 0 N–H and O–H groups in total. The van der Waals surface area contributed by atoms with E-state index < -0.39 is 13.4 Å². The standard InChI is InChI=1S/C3H8O3P2S2/c1-3(2)10-8-4-7(9,5-8)6-8/h3,10H,1-2H3. The summed E-state index contributed by atoms with van der Waals surface area (Å²) in [5.74, 6) is 0. The first kappa shape index (κ1) is 7.93. The van der Waals surface area contributed by atoms with Gasteiger partial charge in [0.05, 0.1) is 0 Å². The lowest BCUT2D eigenvalue weighted by Crippen LogP contribution is -2.22. The summed E-state index contributed by atoms with van der Waals surface area (Å²) in [5.41, 5.74) is 0. The molecular formula is C3H8O3P2S2. The van der Waals surface area contributed by atoms with E-state index in [0.29, 0.717) is 5.25 Å². The molecule has 0 aliphatic carbocycles. The highest BCUT2D eigenvalue weighted by Gasteiger charge is 2.63. The molecule has 3 aliphatic heterocycles. The molecule has 0 unspecified atom stereocenters. The first-order valence-electron chi connectivity index (χ1n) is 2.89. The molecule has 60 valence electrons. The molecule has 0 aromatic rings. The average molecular weight is 218 g/mol. The van der Waals surface area contributed by atoms with Crippen LogP contribution in [0.5, 0.6) is 0 Å². The molecule has 3 saturated heterocycles. The smallest absolute Gasteiger partial charge is 0.233 e. The number of hydrogen-bond acceptors (Lipinski definition) is 4. The molecule has 3 fully saturated rings. The molecule has 7 heteroatoms. The molecule has 0 aromatic heterocycles. The van der Waals surface area contributed by atoms with E-state index in [1.807, 2.05) is 0 Å². The lowest BCUT2D eigenvalue weighted by Gasteiger charge is -2.53. The third kappa shape index (κ3) is 1.09. The molecular weight excluding hydrogens is 210 g/mol. The molecule has 0 radical (unpaired) electrons. The lowest BCUT2D eigenvalue weighted by atomic mass is 10.6. The van der Waals surface area contributed by atoms with Crippen LogP contribution in [0.1, 0.15) is 13.8 Å². The van der Waals surface area contributed by atoms with Gasteiger partial charge in [-0.1, -0.05) is 13.8 Å². The molecule has 0 spiro atoms. The van der Waals surface area contributed by atoms with Crippen molar-refractivity contribution in [2.24, 2.45) is 0 Å². The summed E-state index contributed by atoms with van der Waals surface area (Å²) in [6, 6.07) is 0. The highest BCUT2D eigenvalue weighted by atomic mass is 32.5. The number of rotatable bonds is 1. The molecule has 3 nitrogen and oxygen atoms in total. The largest absolute Gasteiger partial charge is 0.348 e. The second kappa shape index (κ2) is 2.17. The Morgan fingerprint density at radius 2 is 1.80 bits per heavy atom. The van der Waals surface area contributed by atoms with Crippen LogP contribution in [0.4, 0.5) is 0 Å². The maximum Gasteiger partial charge on any atom is 0.348 e. The molecule has 10 heavy (non-hydrogen) atoms. The van der Waals surface area contributed by atoms with E-state index in [-0.39, 0.29) is 0 Å². The van der Waals surface area contributed by atoms with Crippen molar-refractivity contribution in [2.75, 3.05) is 0 Å². The van der Waals surface area contributed by atoms with Crippen molar-refractivity contribution in [3.05, 3.63) is 0 Å². The maximum absolute atomic E-state index is 5.29. The fraction of sp³-hybridized carbons (Fsp3) is 1.00. The molecule has 0 amide bonds. The monoisotopic (exact) mass is 218 g/mol. The molecule has 2 bridgehead atoms. The van der Waals surface area contributed by atoms with E-state index in [4.69, 9.17) is 24.7 Å². The van der Waals surface area contributed by atoms with Gasteiger partial charge >= 0.3 is 13.4 Å². The predicted molar refractivity (Wildman–Crippen MR) is 48.4 cm³/mol. The number of thiol groups is 1. The van der Waals surface area contributed by atoms with Crippen molar-refractivity contribution < 1.29 is 12.9 Å². The zero-order valence-corrected chi connectivity index (χ0v) is 9.05. The SMILES string of the molecule is CC(C)[SH]=P12OP(=S)(O1)O2. The maximum atomic E-state index is 5.29. The Labute approximate surface area is 68.5 Å². The van der Waals surface area contributed by atoms with Crippen molar-refractivity contribution in [3.8, 4) is 0 Å². The Morgan fingerprint density at radius 1 is 1.30 bits per heavy atom. The van der Waals surface area contributed by atoms with E-state index >= 15 is 0 Å². The minimum absolute atomic E-state index is 0.539. The summed E-state index contributed by atoms with van der Waals surface area (Å²) in [5, 5.41) is 0.539. The van der Waals surface area contributed by atoms with Crippen LogP contribution in [0.25, 0.3) is 0 Å². The molecule has 0 atom stereocenters. The minimum Gasteiger partial charge on any atom is -0.233 e. The average Bonchev–Trinajstić information content (AvgIpc) is 1.56. The van der Waals surface area contributed by atoms with Gasteiger partial charge in [-0.05, 0) is 17.1 Å². The van der Waals surface area contributed by atoms with Crippen molar-refractivity contribution in [1.29, 1.82) is 0 Å². The summed E-state index contributed by atoms with van der Waals surface area (Å²) < 4.78 is 15.9.